The van der Waals surface area contributed by atoms with Crippen molar-refractivity contribution in [1.82, 2.24) is 5.32 Å². The zero-order chi connectivity index (χ0) is 15.3. The van der Waals surface area contributed by atoms with Gasteiger partial charge >= 0.3 is 0 Å². The summed E-state index contributed by atoms with van der Waals surface area (Å²) in [6.07, 6.45) is 1.20. The van der Waals surface area contributed by atoms with Gasteiger partial charge in [0.15, 0.2) is 0 Å². The van der Waals surface area contributed by atoms with Gasteiger partial charge in [0.2, 0.25) is 5.91 Å². The van der Waals surface area contributed by atoms with Crippen molar-refractivity contribution in [3.8, 4) is 0 Å². The third kappa shape index (κ3) is 10.7. The Balaban J connectivity index is 4.51. The summed E-state index contributed by atoms with van der Waals surface area (Å²) in [6.45, 7) is 8.80. The Morgan fingerprint density at radius 2 is 2.00 bits per heavy atom. The van der Waals surface area contributed by atoms with Gasteiger partial charge in [-0.1, -0.05) is 6.58 Å². The maximum Gasteiger partial charge on any atom is 0.264 e. The standard InChI is InChI=1S/C12H24N2O4S/c1-9(2)11(15)14-10(8-12(3,4)13)6-5-7-19(16,17)18/h10H,1,5-8,13H2,2-4H3,(H,14,15)(H,16,17,18). The quantitative estimate of drug-likeness (QED) is 0.454. The van der Waals surface area contributed by atoms with Crippen LogP contribution in [0.5, 0.6) is 0 Å². The summed E-state index contributed by atoms with van der Waals surface area (Å²) in [7, 11) is -3.97. The maximum absolute atomic E-state index is 11.6. The number of hydrogen-bond acceptors (Lipinski definition) is 4. The van der Waals surface area contributed by atoms with E-state index in [1.807, 2.05) is 13.8 Å². The summed E-state index contributed by atoms with van der Waals surface area (Å²) in [4.78, 5) is 11.6. The third-order valence-electron chi connectivity index (χ3n) is 2.45. The average molecular weight is 292 g/mol. The molecule has 0 radical (unpaired) electrons. The predicted octanol–water partition coefficient (Wildman–Crippen LogP) is 0.843. The van der Waals surface area contributed by atoms with Gasteiger partial charge in [-0.25, -0.2) is 0 Å². The molecule has 0 saturated heterocycles. The van der Waals surface area contributed by atoms with Crippen LogP contribution >= 0.6 is 0 Å². The molecule has 0 aromatic carbocycles. The lowest BCUT2D eigenvalue weighted by Gasteiger charge is -2.27. The van der Waals surface area contributed by atoms with E-state index in [1.54, 1.807) is 6.92 Å². The van der Waals surface area contributed by atoms with E-state index >= 15 is 0 Å². The van der Waals surface area contributed by atoms with Crippen LogP contribution in [-0.2, 0) is 14.9 Å². The molecule has 0 heterocycles. The van der Waals surface area contributed by atoms with Gasteiger partial charge in [-0.2, -0.15) is 8.42 Å². The molecule has 0 fully saturated rings. The van der Waals surface area contributed by atoms with Crippen LogP contribution in [0.1, 0.15) is 40.0 Å². The minimum absolute atomic E-state index is 0.244. The SMILES string of the molecule is C=C(C)C(=O)NC(CCCS(=O)(=O)O)CC(C)(C)N. The smallest absolute Gasteiger partial charge is 0.264 e. The molecule has 19 heavy (non-hydrogen) atoms. The van der Waals surface area contributed by atoms with Crippen LogP contribution in [0.3, 0.4) is 0 Å². The number of carbonyl (C=O) groups is 1. The van der Waals surface area contributed by atoms with E-state index in [0.717, 1.165) is 0 Å². The zero-order valence-corrected chi connectivity index (χ0v) is 12.6. The van der Waals surface area contributed by atoms with Crippen LogP contribution in [-0.4, -0.2) is 36.2 Å². The molecule has 6 nitrogen and oxygen atoms in total. The third-order valence-corrected chi connectivity index (χ3v) is 3.25. The first-order valence-corrected chi connectivity index (χ1v) is 7.72. The molecule has 1 atom stereocenters. The molecule has 0 aliphatic rings. The van der Waals surface area contributed by atoms with Crippen molar-refractivity contribution < 1.29 is 17.8 Å². The lowest BCUT2D eigenvalue weighted by atomic mass is 9.94. The first-order valence-electron chi connectivity index (χ1n) is 6.11. The first-order chi connectivity index (χ1) is 8.41. The summed E-state index contributed by atoms with van der Waals surface area (Å²) < 4.78 is 30.0. The highest BCUT2D eigenvalue weighted by Gasteiger charge is 2.21. The topological polar surface area (TPSA) is 109 Å². The summed E-state index contributed by atoms with van der Waals surface area (Å²) in [5.74, 6) is -0.599. The molecule has 0 aliphatic heterocycles. The van der Waals surface area contributed by atoms with Crippen molar-refractivity contribution in [1.29, 1.82) is 0 Å². The Morgan fingerprint density at radius 1 is 1.47 bits per heavy atom. The van der Waals surface area contributed by atoms with Gasteiger partial charge in [0, 0.05) is 17.2 Å². The Kier molecular flexibility index (Phi) is 6.68. The van der Waals surface area contributed by atoms with Gasteiger partial charge in [-0.15, -0.1) is 0 Å². The lowest BCUT2D eigenvalue weighted by molar-refractivity contribution is -0.118. The van der Waals surface area contributed by atoms with E-state index in [1.165, 1.54) is 0 Å². The van der Waals surface area contributed by atoms with E-state index in [2.05, 4.69) is 11.9 Å². The Bertz CT molecular complexity index is 424. The van der Waals surface area contributed by atoms with E-state index < -0.39 is 15.7 Å². The fourth-order valence-electron chi connectivity index (χ4n) is 1.68. The van der Waals surface area contributed by atoms with Gasteiger partial charge in [-0.05, 0) is 40.0 Å². The molecule has 1 amide bonds. The van der Waals surface area contributed by atoms with Crippen molar-refractivity contribution >= 4 is 16.0 Å². The number of nitrogens with one attached hydrogen (secondary N) is 1. The highest BCUT2D eigenvalue weighted by molar-refractivity contribution is 7.85. The molecule has 1 unspecified atom stereocenters. The van der Waals surface area contributed by atoms with Crippen molar-refractivity contribution in [2.24, 2.45) is 5.73 Å². The van der Waals surface area contributed by atoms with Crippen LogP contribution in [0.15, 0.2) is 12.2 Å². The van der Waals surface area contributed by atoms with Gasteiger partial charge in [0.1, 0.15) is 0 Å². The molecular weight excluding hydrogens is 268 g/mol. The van der Waals surface area contributed by atoms with Crippen LogP contribution < -0.4 is 11.1 Å². The van der Waals surface area contributed by atoms with Crippen LogP contribution in [0.25, 0.3) is 0 Å². The van der Waals surface area contributed by atoms with Gasteiger partial charge in [0.05, 0.1) is 5.75 Å². The molecule has 7 heteroatoms. The molecule has 0 aromatic heterocycles. The average Bonchev–Trinajstić information content (AvgIpc) is 2.12. The summed E-state index contributed by atoms with van der Waals surface area (Å²) in [5, 5.41) is 2.76. The number of hydrogen-bond donors (Lipinski definition) is 3. The van der Waals surface area contributed by atoms with Crippen molar-refractivity contribution in [3.63, 3.8) is 0 Å². The summed E-state index contributed by atoms with van der Waals surface area (Å²) >= 11 is 0. The summed E-state index contributed by atoms with van der Waals surface area (Å²) in [5.41, 5.74) is 5.81. The minimum Gasteiger partial charge on any atom is -0.350 e. The highest BCUT2D eigenvalue weighted by Crippen LogP contribution is 2.13. The Labute approximate surface area is 115 Å². The number of carbonyl (C=O) groups excluding carboxylic acids is 1. The van der Waals surface area contributed by atoms with Crippen LogP contribution in [0.4, 0.5) is 0 Å². The monoisotopic (exact) mass is 292 g/mol. The summed E-state index contributed by atoms with van der Waals surface area (Å²) in [6, 6.07) is -0.244. The Morgan fingerprint density at radius 3 is 2.37 bits per heavy atom. The number of amides is 1. The molecule has 112 valence electrons. The molecular formula is C12H24N2O4S. The number of rotatable bonds is 8. The van der Waals surface area contributed by atoms with E-state index in [9.17, 15) is 13.2 Å². The lowest BCUT2D eigenvalue weighted by Crippen LogP contribution is -2.44. The van der Waals surface area contributed by atoms with Crippen molar-refractivity contribution in [2.45, 2.75) is 51.6 Å². The second-order valence-corrected chi connectivity index (χ2v) is 7.14. The molecule has 0 saturated carbocycles. The normalized spacial score (nSPS) is 13.9. The van der Waals surface area contributed by atoms with E-state index in [-0.39, 0.29) is 24.1 Å². The fourth-order valence-corrected chi connectivity index (χ4v) is 2.21. The predicted molar refractivity (Wildman–Crippen MR) is 75.3 cm³/mol. The maximum atomic E-state index is 11.6. The Hall–Kier alpha value is -0.920. The molecule has 0 bridgehead atoms. The molecule has 0 aromatic rings. The molecule has 4 N–H and O–H groups in total. The van der Waals surface area contributed by atoms with E-state index in [4.69, 9.17) is 10.3 Å². The largest absolute Gasteiger partial charge is 0.350 e. The number of nitrogens with two attached hydrogens (primary N) is 1. The van der Waals surface area contributed by atoms with E-state index in [0.29, 0.717) is 18.4 Å². The fraction of sp³-hybridized carbons (Fsp3) is 0.750. The van der Waals surface area contributed by atoms with Crippen molar-refractivity contribution in [2.75, 3.05) is 5.75 Å². The first kappa shape index (κ1) is 18.1. The second kappa shape index (κ2) is 7.02. The van der Waals surface area contributed by atoms with Gasteiger partial charge in [-0.3, -0.25) is 9.35 Å². The van der Waals surface area contributed by atoms with Gasteiger partial charge < -0.3 is 11.1 Å². The molecule has 0 spiro atoms. The molecule has 0 rings (SSSR count). The highest BCUT2D eigenvalue weighted by atomic mass is 32.2. The van der Waals surface area contributed by atoms with Crippen LogP contribution in [0, 0.1) is 0 Å². The van der Waals surface area contributed by atoms with Crippen LogP contribution in [0.2, 0.25) is 0 Å². The minimum atomic E-state index is -3.97. The zero-order valence-electron chi connectivity index (χ0n) is 11.8. The second-order valence-electron chi connectivity index (χ2n) is 5.57. The molecule has 0 aliphatic carbocycles. The van der Waals surface area contributed by atoms with Gasteiger partial charge in [0.25, 0.3) is 10.1 Å². The van der Waals surface area contributed by atoms with Crippen molar-refractivity contribution in [3.05, 3.63) is 12.2 Å².